The van der Waals surface area contributed by atoms with Crippen LogP contribution in [0, 0.1) is 0 Å². The molecule has 0 atom stereocenters. The molecule has 0 bridgehead atoms. The van der Waals surface area contributed by atoms with Crippen molar-refractivity contribution in [1.82, 2.24) is 0 Å². The van der Waals surface area contributed by atoms with Crippen LogP contribution in [0.4, 0.5) is 0 Å². The van der Waals surface area contributed by atoms with Gasteiger partial charge in [-0.3, -0.25) is 0 Å². The fraction of sp³-hybridized carbons (Fsp3) is 0.286. The van der Waals surface area contributed by atoms with Gasteiger partial charge in [0, 0.05) is 11.5 Å². The first kappa shape index (κ1) is 16.5. The minimum absolute atomic E-state index is 0. The summed E-state index contributed by atoms with van der Waals surface area (Å²) in [6.45, 7) is 0.622. The van der Waals surface area contributed by atoms with E-state index in [1.165, 1.54) is 5.56 Å². The van der Waals surface area contributed by atoms with Gasteiger partial charge in [-0.15, -0.1) is 0 Å². The number of unbranched alkanes of at least 4 members (excludes halogenated alkanes) is 1. The first-order chi connectivity index (χ1) is 8.43. The Kier molecular flexibility index (Phi) is 11.0. The Labute approximate surface area is 119 Å². The van der Waals surface area contributed by atoms with Crippen molar-refractivity contribution >= 4 is 0 Å². The van der Waals surface area contributed by atoms with E-state index in [1.54, 1.807) is 0 Å². The molecule has 0 N–H and O–H groups in total. The summed E-state index contributed by atoms with van der Waals surface area (Å²) in [5.41, 5.74) is 9.38. The maximum atomic E-state index is 8.01. The van der Waals surface area contributed by atoms with Crippen LogP contribution in [0.1, 0.15) is 18.4 Å². The Balaban J connectivity index is 0.000000405. The van der Waals surface area contributed by atoms with Crippen LogP contribution in [0.3, 0.4) is 0 Å². The second-order valence-electron chi connectivity index (χ2n) is 3.67. The zero-order valence-corrected chi connectivity index (χ0v) is 11.3. The normalized spacial score (nSPS) is 8.44. The fourth-order valence-corrected chi connectivity index (χ4v) is 1.46. The second-order valence-corrected chi connectivity index (χ2v) is 3.67. The van der Waals surface area contributed by atoms with E-state index in [4.69, 9.17) is 5.53 Å². The van der Waals surface area contributed by atoms with Gasteiger partial charge in [-0.2, -0.15) is 35.9 Å². The maximum Gasteiger partial charge on any atom is 2.00 e. The number of aryl methyl sites for hydroxylation is 1. The van der Waals surface area contributed by atoms with Crippen LogP contribution in [-0.2, 0) is 23.5 Å². The third kappa shape index (κ3) is 8.66. The molecule has 0 unspecified atom stereocenters. The topological polar surface area (TPSA) is 48.8 Å². The third-order valence-electron chi connectivity index (χ3n) is 2.32. The molecule has 2 aromatic carbocycles. The Bertz CT molecular complexity index is 383. The maximum absolute atomic E-state index is 8.01. The van der Waals surface area contributed by atoms with Crippen LogP contribution >= 0.6 is 0 Å². The first-order valence-corrected chi connectivity index (χ1v) is 5.81. The van der Waals surface area contributed by atoms with Gasteiger partial charge in [0.05, 0.1) is 0 Å². The van der Waals surface area contributed by atoms with Gasteiger partial charge in [0.25, 0.3) is 0 Å². The molecule has 0 saturated heterocycles. The first-order valence-electron chi connectivity index (χ1n) is 5.81. The Morgan fingerprint density at radius 3 is 2.39 bits per heavy atom. The summed E-state index contributed by atoms with van der Waals surface area (Å²) in [6, 6.07) is 18.3. The van der Waals surface area contributed by atoms with Crippen molar-refractivity contribution in [3.63, 3.8) is 0 Å². The molecule has 4 heteroatoms. The molecule has 0 radical (unpaired) electrons. The number of hydrogen-bond acceptors (Lipinski definition) is 1. The molecule has 3 nitrogen and oxygen atoms in total. The quantitative estimate of drug-likeness (QED) is 0.194. The van der Waals surface area contributed by atoms with Crippen molar-refractivity contribution in [3.8, 4) is 0 Å². The standard InChI is InChI=1S/C9H12N3.C5H5.Fe/c10-12-11-8-4-3-7-9-5-1-2-6-9;1-2-4-5-3-1;/h1-2,5-6H,3-4,7-8H2;1-5H;/q2*-1;+2. The second kappa shape index (κ2) is 12.0. The average molecular weight is 283 g/mol. The summed E-state index contributed by atoms with van der Waals surface area (Å²) in [6.07, 6.45) is 3.17. The fourth-order valence-electron chi connectivity index (χ4n) is 1.46. The van der Waals surface area contributed by atoms with Crippen LogP contribution in [0.5, 0.6) is 0 Å². The van der Waals surface area contributed by atoms with Gasteiger partial charge in [-0.1, -0.05) is 18.0 Å². The van der Waals surface area contributed by atoms with E-state index in [9.17, 15) is 0 Å². The third-order valence-corrected chi connectivity index (χ3v) is 2.32. The van der Waals surface area contributed by atoms with Gasteiger partial charge >= 0.3 is 17.1 Å². The van der Waals surface area contributed by atoms with Crippen molar-refractivity contribution in [3.05, 3.63) is 70.6 Å². The van der Waals surface area contributed by atoms with Crippen molar-refractivity contribution in [2.45, 2.75) is 19.3 Å². The molecule has 0 saturated carbocycles. The SMILES string of the molecule is [Fe+2].[N-]=[N+]=NCCCCc1ccc[cH-]1.c1cc[cH-]c1. The van der Waals surface area contributed by atoms with Crippen LogP contribution in [-0.4, -0.2) is 6.54 Å². The minimum atomic E-state index is 0. The van der Waals surface area contributed by atoms with Crippen molar-refractivity contribution in [2.75, 3.05) is 6.54 Å². The molecule has 2 rings (SSSR count). The van der Waals surface area contributed by atoms with Gasteiger partial charge in [-0.25, -0.2) is 24.3 Å². The van der Waals surface area contributed by atoms with Gasteiger partial charge < -0.3 is 0 Å². The van der Waals surface area contributed by atoms with E-state index in [2.05, 4.69) is 22.2 Å². The Hall–Kier alpha value is -1.47. The minimum Gasteiger partial charge on any atom is -0.214 e. The van der Waals surface area contributed by atoms with Crippen LogP contribution in [0.2, 0.25) is 0 Å². The van der Waals surface area contributed by atoms with Gasteiger partial charge in [0.1, 0.15) is 0 Å². The van der Waals surface area contributed by atoms with Gasteiger partial charge in [-0.05, 0) is 12.0 Å². The zero-order valence-electron chi connectivity index (χ0n) is 10.2. The predicted molar refractivity (Wildman–Crippen MR) is 71.0 cm³/mol. The molecular formula is C14H17FeN3. The molecule has 0 aliphatic rings. The molecule has 18 heavy (non-hydrogen) atoms. The van der Waals surface area contributed by atoms with Crippen molar-refractivity contribution < 1.29 is 17.1 Å². The molecule has 0 spiro atoms. The van der Waals surface area contributed by atoms with Crippen molar-refractivity contribution in [2.24, 2.45) is 5.11 Å². The number of rotatable bonds is 5. The average Bonchev–Trinajstić information content (AvgIpc) is 3.05. The van der Waals surface area contributed by atoms with E-state index >= 15 is 0 Å². The number of azide groups is 1. The Morgan fingerprint density at radius 1 is 1.11 bits per heavy atom. The molecule has 0 aliphatic carbocycles. The van der Waals surface area contributed by atoms with Crippen molar-refractivity contribution in [1.29, 1.82) is 0 Å². The molecule has 96 valence electrons. The summed E-state index contributed by atoms with van der Waals surface area (Å²) < 4.78 is 0. The zero-order chi connectivity index (χ0) is 12.2. The summed E-state index contributed by atoms with van der Waals surface area (Å²) in [5.74, 6) is 0. The van der Waals surface area contributed by atoms with Crippen LogP contribution in [0.15, 0.2) is 59.7 Å². The predicted octanol–water partition coefficient (Wildman–Crippen LogP) is 4.44. The van der Waals surface area contributed by atoms with Gasteiger partial charge in [0.15, 0.2) is 0 Å². The molecule has 0 fully saturated rings. The summed E-state index contributed by atoms with van der Waals surface area (Å²) in [5, 5.41) is 3.47. The van der Waals surface area contributed by atoms with Crippen LogP contribution < -0.4 is 0 Å². The molecular weight excluding hydrogens is 266 g/mol. The summed E-state index contributed by atoms with van der Waals surface area (Å²) in [4.78, 5) is 2.70. The molecule has 0 aliphatic heterocycles. The molecule has 0 aromatic heterocycles. The molecule has 0 amide bonds. The molecule has 2 aromatic rings. The smallest absolute Gasteiger partial charge is 0.214 e. The summed E-state index contributed by atoms with van der Waals surface area (Å²) in [7, 11) is 0. The van der Waals surface area contributed by atoms with Gasteiger partial charge in [0.2, 0.25) is 0 Å². The number of nitrogens with zero attached hydrogens (tertiary/aromatic N) is 3. The summed E-state index contributed by atoms with van der Waals surface area (Å²) >= 11 is 0. The number of hydrogen-bond donors (Lipinski definition) is 0. The van der Waals surface area contributed by atoms with E-state index in [-0.39, 0.29) is 17.1 Å². The largest absolute Gasteiger partial charge is 2.00 e. The van der Waals surface area contributed by atoms with Crippen LogP contribution in [0.25, 0.3) is 10.4 Å². The van der Waals surface area contributed by atoms with E-state index in [1.807, 2.05) is 42.5 Å². The monoisotopic (exact) mass is 283 g/mol. The Morgan fingerprint density at radius 2 is 1.89 bits per heavy atom. The van der Waals surface area contributed by atoms with E-state index in [0.717, 1.165) is 19.3 Å². The molecule has 0 heterocycles. The van der Waals surface area contributed by atoms with E-state index in [0.29, 0.717) is 6.54 Å². The van der Waals surface area contributed by atoms with E-state index < -0.39 is 0 Å².